The number of fused-ring (bicyclic) bond motifs is 1. The number of nitrogens with one attached hydrogen (secondary N) is 1. The van der Waals surface area contributed by atoms with Crippen LogP contribution < -0.4 is 10.7 Å². The summed E-state index contributed by atoms with van der Waals surface area (Å²) < 4.78 is 22.3. The highest BCUT2D eigenvalue weighted by atomic mass is 35.5. The van der Waals surface area contributed by atoms with Crippen LogP contribution in [0.5, 0.6) is 0 Å². The Labute approximate surface area is 94.3 Å². The number of nitrogens with two attached hydrogens (primary N) is 1. The van der Waals surface area contributed by atoms with Gasteiger partial charge in [0.25, 0.3) is 5.56 Å². The lowest BCUT2D eigenvalue weighted by atomic mass is 10.2. The summed E-state index contributed by atoms with van der Waals surface area (Å²) in [6.45, 7) is 0. The first-order chi connectivity index (χ1) is 7.39. The van der Waals surface area contributed by atoms with Gasteiger partial charge in [0, 0.05) is 0 Å². The van der Waals surface area contributed by atoms with Gasteiger partial charge in [-0.2, -0.15) is 0 Å². The minimum Gasteiger partial charge on any atom is -0.267 e. The van der Waals surface area contributed by atoms with Crippen molar-refractivity contribution in [2.24, 2.45) is 5.14 Å². The number of halogens is 1. The van der Waals surface area contributed by atoms with Crippen molar-refractivity contribution in [3.05, 3.63) is 27.5 Å². The summed E-state index contributed by atoms with van der Waals surface area (Å²) in [7, 11) is -3.97. The number of hydrogen-bond donors (Lipinski definition) is 2. The number of aromatic amines is 1. The van der Waals surface area contributed by atoms with E-state index < -0.39 is 15.6 Å². The Morgan fingerprint density at radius 3 is 2.69 bits per heavy atom. The molecule has 0 aliphatic heterocycles. The second-order valence-electron chi connectivity index (χ2n) is 2.99. The van der Waals surface area contributed by atoms with Crippen LogP contribution in [0.25, 0.3) is 10.9 Å². The molecule has 2 aromatic rings. The molecule has 84 valence electrons. The molecule has 0 spiro atoms. The second kappa shape index (κ2) is 3.51. The Bertz CT molecular complexity index is 724. The van der Waals surface area contributed by atoms with Crippen LogP contribution in [0, 0.1) is 0 Å². The summed E-state index contributed by atoms with van der Waals surface area (Å²) in [4.78, 5) is 11.0. The lowest BCUT2D eigenvalue weighted by molar-refractivity contribution is 0.598. The molecule has 0 unspecified atom stereocenters. The Kier molecular flexibility index (Phi) is 2.41. The van der Waals surface area contributed by atoms with Crippen LogP contribution in [-0.4, -0.2) is 23.8 Å². The molecule has 16 heavy (non-hydrogen) atoms. The van der Waals surface area contributed by atoms with Crippen LogP contribution in [0.3, 0.4) is 0 Å². The molecular formula is C7H5ClN4O3S. The lowest BCUT2D eigenvalue weighted by Crippen LogP contribution is -2.15. The topological polar surface area (TPSA) is 119 Å². The molecule has 0 aliphatic rings. The molecule has 3 N–H and O–H groups in total. The number of hydrogen-bond acceptors (Lipinski definition) is 5. The average Bonchev–Trinajstić information content (AvgIpc) is 2.15. The van der Waals surface area contributed by atoms with Crippen LogP contribution in [0.2, 0.25) is 5.02 Å². The van der Waals surface area contributed by atoms with Crippen molar-refractivity contribution in [2.45, 2.75) is 4.90 Å². The fraction of sp³-hybridized carbons (Fsp3) is 0. The summed E-state index contributed by atoms with van der Waals surface area (Å²) >= 11 is 5.70. The van der Waals surface area contributed by atoms with Crippen molar-refractivity contribution < 1.29 is 8.42 Å². The minimum absolute atomic E-state index is 0.0587. The van der Waals surface area contributed by atoms with E-state index in [0.29, 0.717) is 0 Å². The first kappa shape index (κ1) is 11.0. The van der Waals surface area contributed by atoms with Gasteiger partial charge in [-0.1, -0.05) is 16.8 Å². The maximum Gasteiger partial charge on any atom is 0.275 e. The number of aromatic nitrogens is 3. The van der Waals surface area contributed by atoms with Crippen LogP contribution >= 0.6 is 11.6 Å². The monoisotopic (exact) mass is 260 g/mol. The van der Waals surface area contributed by atoms with Gasteiger partial charge in [-0.05, 0) is 12.1 Å². The maximum atomic E-state index is 11.3. The molecular weight excluding hydrogens is 256 g/mol. The molecule has 9 heteroatoms. The highest BCUT2D eigenvalue weighted by Crippen LogP contribution is 2.23. The van der Waals surface area contributed by atoms with E-state index in [1.165, 1.54) is 6.07 Å². The van der Waals surface area contributed by atoms with Gasteiger partial charge >= 0.3 is 0 Å². The Hall–Kier alpha value is -1.51. The number of benzene rings is 1. The molecule has 1 aromatic carbocycles. The standard InChI is InChI=1S/C7H5ClN4O3S/c8-4-2-5-3(7(13)11-12-10-5)1-6(4)16(9,14)15/h1-2H,(H2,9,14,15)(H,10,11,13). The number of rotatable bonds is 1. The SMILES string of the molecule is NS(=O)(=O)c1cc2c(=O)[nH]nnc2cc1Cl. The summed E-state index contributed by atoms with van der Waals surface area (Å²) in [6, 6.07) is 2.29. The molecule has 0 aliphatic carbocycles. The van der Waals surface area contributed by atoms with Crippen molar-refractivity contribution in [3.8, 4) is 0 Å². The van der Waals surface area contributed by atoms with Gasteiger partial charge in [-0.15, -0.1) is 5.10 Å². The van der Waals surface area contributed by atoms with Crippen molar-refractivity contribution in [1.29, 1.82) is 0 Å². The normalized spacial score (nSPS) is 11.9. The number of primary sulfonamides is 1. The second-order valence-corrected chi connectivity index (χ2v) is 4.92. The number of H-pyrrole nitrogens is 1. The van der Waals surface area contributed by atoms with Crippen LogP contribution in [0.4, 0.5) is 0 Å². The smallest absolute Gasteiger partial charge is 0.267 e. The van der Waals surface area contributed by atoms with E-state index in [4.69, 9.17) is 16.7 Å². The van der Waals surface area contributed by atoms with Gasteiger partial charge in [-0.3, -0.25) is 4.79 Å². The van der Waals surface area contributed by atoms with Crippen molar-refractivity contribution >= 4 is 32.5 Å². The minimum atomic E-state index is -3.97. The van der Waals surface area contributed by atoms with E-state index in [0.717, 1.165) is 6.07 Å². The Balaban J connectivity index is 2.96. The number of nitrogens with zero attached hydrogens (tertiary/aromatic N) is 2. The summed E-state index contributed by atoms with van der Waals surface area (Å²) in [5.74, 6) is 0. The van der Waals surface area contributed by atoms with E-state index in [-0.39, 0.29) is 20.8 Å². The molecule has 2 rings (SSSR count). The Morgan fingerprint density at radius 1 is 1.38 bits per heavy atom. The van der Waals surface area contributed by atoms with Gasteiger partial charge < -0.3 is 0 Å². The number of sulfonamides is 1. The third-order valence-electron chi connectivity index (χ3n) is 1.91. The molecule has 0 saturated heterocycles. The molecule has 0 saturated carbocycles. The third kappa shape index (κ3) is 1.77. The Morgan fingerprint density at radius 2 is 2.06 bits per heavy atom. The van der Waals surface area contributed by atoms with E-state index in [1.54, 1.807) is 0 Å². The van der Waals surface area contributed by atoms with Crippen LogP contribution in [-0.2, 0) is 10.0 Å². The van der Waals surface area contributed by atoms with Gasteiger partial charge in [-0.25, -0.2) is 18.7 Å². The highest BCUT2D eigenvalue weighted by Gasteiger charge is 2.15. The summed E-state index contributed by atoms with van der Waals surface area (Å²) in [5, 5.41) is 13.9. The first-order valence-corrected chi connectivity index (χ1v) is 5.89. The molecule has 1 aromatic heterocycles. The summed E-state index contributed by atoms with van der Waals surface area (Å²) in [5.41, 5.74) is -0.368. The molecule has 1 heterocycles. The quantitative estimate of drug-likeness (QED) is 0.724. The van der Waals surface area contributed by atoms with Crippen molar-refractivity contribution in [1.82, 2.24) is 15.4 Å². The van der Waals surface area contributed by atoms with Crippen molar-refractivity contribution in [2.75, 3.05) is 0 Å². The fourth-order valence-corrected chi connectivity index (χ4v) is 2.30. The van der Waals surface area contributed by atoms with E-state index >= 15 is 0 Å². The zero-order valence-corrected chi connectivity index (χ0v) is 9.21. The fourth-order valence-electron chi connectivity index (χ4n) is 1.21. The van der Waals surface area contributed by atoms with Gasteiger partial charge in [0.1, 0.15) is 10.4 Å². The maximum absolute atomic E-state index is 11.3. The molecule has 0 bridgehead atoms. The lowest BCUT2D eigenvalue weighted by Gasteiger charge is -2.02. The van der Waals surface area contributed by atoms with E-state index in [1.807, 2.05) is 0 Å². The molecule has 0 radical (unpaired) electrons. The first-order valence-electron chi connectivity index (χ1n) is 3.97. The predicted molar refractivity (Wildman–Crippen MR) is 56.5 cm³/mol. The molecule has 0 fully saturated rings. The zero-order valence-electron chi connectivity index (χ0n) is 7.64. The predicted octanol–water partition coefficient (Wildman–Crippen LogP) is -0.381. The zero-order chi connectivity index (χ0) is 11.9. The summed E-state index contributed by atoms with van der Waals surface area (Å²) in [6.07, 6.45) is 0. The van der Waals surface area contributed by atoms with E-state index in [2.05, 4.69) is 15.4 Å². The largest absolute Gasteiger partial charge is 0.275 e. The van der Waals surface area contributed by atoms with E-state index in [9.17, 15) is 13.2 Å². The third-order valence-corrected chi connectivity index (χ3v) is 3.29. The van der Waals surface area contributed by atoms with Gasteiger partial charge in [0.2, 0.25) is 10.0 Å². The van der Waals surface area contributed by atoms with Crippen LogP contribution in [0.1, 0.15) is 0 Å². The van der Waals surface area contributed by atoms with Crippen LogP contribution in [0.15, 0.2) is 21.8 Å². The highest BCUT2D eigenvalue weighted by molar-refractivity contribution is 7.89. The average molecular weight is 261 g/mol. The molecule has 0 atom stereocenters. The molecule has 0 amide bonds. The van der Waals surface area contributed by atoms with Gasteiger partial charge in [0.05, 0.1) is 10.4 Å². The molecule has 7 nitrogen and oxygen atoms in total. The van der Waals surface area contributed by atoms with Crippen molar-refractivity contribution in [3.63, 3.8) is 0 Å². The van der Waals surface area contributed by atoms with Gasteiger partial charge in [0.15, 0.2) is 0 Å².